The molecule has 182 valence electrons. The highest BCUT2D eigenvalue weighted by atomic mass is 16.5. The molecule has 0 unspecified atom stereocenters. The summed E-state index contributed by atoms with van der Waals surface area (Å²) in [5.74, 6) is 2.49. The SMILES string of the molecule is Cc1cccc(OCCCCn2c(CCNC(=O)COc3ccccc3)nc3ccccc32)c1C. The predicted octanol–water partition coefficient (Wildman–Crippen LogP) is 5.25. The summed E-state index contributed by atoms with van der Waals surface area (Å²) in [4.78, 5) is 17.0. The van der Waals surface area contributed by atoms with Gasteiger partial charge in [0.2, 0.25) is 0 Å². The molecule has 0 saturated carbocycles. The second-order valence-electron chi connectivity index (χ2n) is 8.62. The maximum absolute atomic E-state index is 12.2. The van der Waals surface area contributed by atoms with Crippen LogP contribution < -0.4 is 14.8 Å². The first kappa shape index (κ1) is 24.3. The fourth-order valence-corrected chi connectivity index (χ4v) is 4.03. The van der Waals surface area contributed by atoms with Crippen molar-refractivity contribution in [3.63, 3.8) is 0 Å². The highest BCUT2D eigenvalue weighted by molar-refractivity contribution is 5.77. The number of ether oxygens (including phenoxy) is 2. The Balaban J connectivity index is 1.28. The highest BCUT2D eigenvalue weighted by Gasteiger charge is 2.11. The third-order valence-corrected chi connectivity index (χ3v) is 6.11. The van der Waals surface area contributed by atoms with Crippen LogP contribution in [0.25, 0.3) is 11.0 Å². The molecule has 1 aromatic heterocycles. The van der Waals surface area contributed by atoms with Crippen molar-refractivity contribution in [3.8, 4) is 11.5 Å². The number of aromatic nitrogens is 2. The maximum atomic E-state index is 12.2. The van der Waals surface area contributed by atoms with Gasteiger partial charge in [-0.3, -0.25) is 4.79 Å². The number of para-hydroxylation sites is 3. The van der Waals surface area contributed by atoms with Gasteiger partial charge in [-0.1, -0.05) is 42.5 Å². The van der Waals surface area contributed by atoms with Gasteiger partial charge >= 0.3 is 0 Å². The second kappa shape index (κ2) is 12.1. The Bertz CT molecular complexity index is 1250. The number of unbranched alkanes of at least 4 members (excludes halogenated alkanes) is 1. The summed E-state index contributed by atoms with van der Waals surface area (Å²) in [6.07, 6.45) is 2.59. The van der Waals surface area contributed by atoms with Gasteiger partial charge in [-0.05, 0) is 68.1 Å². The number of rotatable bonds is 12. The molecule has 0 aliphatic carbocycles. The fraction of sp³-hybridized carbons (Fsp3) is 0.310. The van der Waals surface area contributed by atoms with Gasteiger partial charge in [0.15, 0.2) is 6.61 Å². The van der Waals surface area contributed by atoms with Crippen molar-refractivity contribution < 1.29 is 14.3 Å². The summed E-state index contributed by atoms with van der Waals surface area (Å²) in [6, 6.07) is 23.7. The quantitative estimate of drug-likeness (QED) is 0.287. The molecule has 4 aromatic rings. The number of nitrogens with one attached hydrogen (secondary N) is 1. The minimum atomic E-state index is -0.139. The average molecular weight is 472 g/mol. The van der Waals surface area contributed by atoms with Gasteiger partial charge < -0.3 is 19.4 Å². The van der Waals surface area contributed by atoms with Crippen LogP contribution in [0.4, 0.5) is 0 Å². The topological polar surface area (TPSA) is 65.4 Å². The van der Waals surface area contributed by atoms with Gasteiger partial charge in [-0.25, -0.2) is 4.98 Å². The van der Waals surface area contributed by atoms with Crippen molar-refractivity contribution in [2.24, 2.45) is 0 Å². The number of carbonyl (C=O) groups excluding carboxylic acids is 1. The van der Waals surface area contributed by atoms with Gasteiger partial charge in [0, 0.05) is 19.5 Å². The van der Waals surface area contributed by atoms with E-state index in [0.29, 0.717) is 25.3 Å². The number of nitrogens with zero attached hydrogens (tertiary/aromatic N) is 2. The number of hydrogen-bond acceptors (Lipinski definition) is 4. The van der Waals surface area contributed by atoms with E-state index in [1.165, 1.54) is 11.1 Å². The molecule has 0 atom stereocenters. The lowest BCUT2D eigenvalue weighted by atomic mass is 10.1. The van der Waals surface area contributed by atoms with Crippen LogP contribution in [0, 0.1) is 13.8 Å². The van der Waals surface area contributed by atoms with E-state index in [1.54, 1.807) is 0 Å². The molecule has 4 rings (SSSR count). The molecule has 0 aliphatic heterocycles. The predicted molar refractivity (Wildman–Crippen MR) is 139 cm³/mol. The van der Waals surface area contributed by atoms with E-state index in [4.69, 9.17) is 14.5 Å². The first-order valence-electron chi connectivity index (χ1n) is 12.2. The van der Waals surface area contributed by atoms with Crippen molar-refractivity contribution in [3.05, 3.63) is 89.7 Å². The zero-order valence-corrected chi connectivity index (χ0v) is 20.5. The summed E-state index contributed by atoms with van der Waals surface area (Å²) in [6.45, 7) is 6.26. The summed E-state index contributed by atoms with van der Waals surface area (Å²) in [5.41, 5.74) is 4.55. The summed E-state index contributed by atoms with van der Waals surface area (Å²) < 4.78 is 13.8. The number of amides is 1. The molecular weight excluding hydrogens is 438 g/mol. The number of imidazole rings is 1. The highest BCUT2D eigenvalue weighted by Crippen LogP contribution is 2.21. The Labute approximate surface area is 206 Å². The Morgan fingerprint density at radius 3 is 2.57 bits per heavy atom. The molecule has 6 heteroatoms. The van der Waals surface area contributed by atoms with Crippen LogP contribution in [0.3, 0.4) is 0 Å². The van der Waals surface area contributed by atoms with Crippen molar-refractivity contribution in [2.75, 3.05) is 19.8 Å². The fourth-order valence-electron chi connectivity index (χ4n) is 4.03. The molecule has 0 bridgehead atoms. The van der Waals surface area contributed by atoms with Crippen molar-refractivity contribution >= 4 is 16.9 Å². The monoisotopic (exact) mass is 471 g/mol. The summed E-state index contributed by atoms with van der Waals surface area (Å²) in [7, 11) is 0. The molecule has 0 saturated heterocycles. The van der Waals surface area contributed by atoms with Crippen LogP contribution in [-0.2, 0) is 17.8 Å². The van der Waals surface area contributed by atoms with E-state index in [1.807, 2.05) is 60.7 Å². The van der Waals surface area contributed by atoms with Gasteiger partial charge in [0.1, 0.15) is 17.3 Å². The van der Waals surface area contributed by atoms with E-state index in [-0.39, 0.29) is 12.5 Å². The number of hydrogen-bond donors (Lipinski definition) is 1. The van der Waals surface area contributed by atoms with E-state index < -0.39 is 0 Å². The zero-order chi connectivity index (χ0) is 24.5. The van der Waals surface area contributed by atoms with Gasteiger partial charge in [0.05, 0.1) is 17.6 Å². The van der Waals surface area contributed by atoms with Gasteiger partial charge in [-0.15, -0.1) is 0 Å². The van der Waals surface area contributed by atoms with Crippen LogP contribution in [0.5, 0.6) is 11.5 Å². The Morgan fingerprint density at radius 2 is 1.71 bits per heavy atom. The second-order valence-corrected chi connectivity index (χ2v) is 8.62. The van der Waals surface area contributed by atoms with E-state index in [9.17, 15) is 4.79 Å². The lowest BCUT2D eigenvalue weighted by Crippen LogP contribution is -2.31. The minimum Gasteiger partial charge on any atom is -0.493 e. The van der Waals surface area contributed by atoms with E-state index >= 15 is 0 Å². The average Bonchev–Trinajstić information content (AvgIpc) is 3.23. The molecule has 0 aliphatic rings. The number of fused-ring (bicyclic) bond motifs is 1. The lowest BCUT2D eigenvalue weighted by Gasteiger charge is -2.12. The Hall–Kier alpha value is -3.80. The van der Waals surface area contributed by atoms with Crippen molar-refractivity contribution in [1.29, 1.82) is 0 Å². The minimum absolute atomic E-state index is 0.000836. The molecule has 3 aromatic carbocycles. The smallest absolute Gasteiger partial charge is 0.257 e. The maximum Gasteiger partial charge on any atom is 0.257 e. The van der Waals surface area contributed by atoms with Crippen LogP contribution in [0.2, 0.25) is 0 Å². The first-order chi connectivity index (χ1) is 17.1. The van der Waals surface area contributed by atoms with Crippen molar-refractivity contribution in [1.82, 2.24) is 14.9 Å². The standard InChI is InChI=1S/C29H33N3O3/c1-22-11-10-16-27(23(22)2)34-20-9-8-19-32-26-15-7-6-14-25(26)31-28(32)17-18-30-29(33)21-35-24-12-4-3-5-13-24/h3-7,10-16H,8-9,17-21H2,1-2H3,(H,30,33). The largest absolute Gasteiger partial charge is 0.493 e. The molecule has 0 spiro atoms. The Morgan fingerprint density at radius 1 is 0.914 bits per heavy atom. The van der Waals surface area contributed by atoms with E-state index in [2.05, 4.69) is 35.9 Å². The normalized spacial score (nSPS) is 10.9. The summed E-state index contributed by atoms with van der Waals surface area (Å²) in [5, 5.41) is 2.94. The molecule has 1 heterocycles. The molecule has 0 radical (unpaired) electrons. The zero-order valence-electron chi connectivity index (χ0n) is 20.5. The molecular formula is C29H33N3O3. The molecule has 0 fully saturated rings. The van der Waals surface area contributed by atoms with Crippen LogP contribution >= 0.6 is 0 Å². The van der Waals surface area contributed by atoms with E-state index in [0.717, 1.165) is 42.0 Å². The van der Waals surface area contributed by atoms with Crippen molar-refractivity contribution in [2.45, 2.75) is 39.7 Å². The lowest BCUT2D eigenvalue weighted by molar-refractivity contribution is -0.123. The van der Waals surface area contributed by atoms with Gasteiger partial charge in [0.25, 0.3) is 5.91 Å². The van der Waals surface area contributed by atoms with Gasteiger partial charge in [-0.2, -0.15) is 0 Å². The third-order valence-electron chi connectivity index (χ3n) is 6.11. The number of benzene rings is 3. The third kappa shape index (κ3) is 6.63. The Kier molecular flexibility index (Phi) is 8.39. The van der Waals surface area contributed by atoms with Crippen LogP contribution in [0.15, 0.2) is 72.8 Å². The first-order valence-corrected chi connectivity index (χ1v) is 12.2. The molecule has 1 N–H and O–H groups in total. The molecule has 1 amide bonds. The number of carbonyl (C=O) groups is 1. The molecule has 6 nitrogen and oxygen atoms in total. The van der Waals surface area contributed by atoms with Crippen LogP contribution in [0.1, 0.15) is 29.8 Å². The summed E-state index contributed by atoms with van der Waals surface area (Å²) >= 11 is 0. The molecule has 35 heavy (non-hydrogen) atoms. The number of aryl methyl sites for hydroxylation is 2. The van der Waals surface area contributed by atoms with Crippen LogP contribution in [-0.4, -0.2) is 35.2 Å².